The molecule has 2 aromatic rings. The van der Waals surface area contributed by atoms with Crippen LogP contribution in [-0.2, 0) is 11.2 Å². The number of hydrogen-bond donors (Lipinski definition) is 1. The van der Waals surface area contributed by atoms with Crippen molar-refractivity contribution in [2.45, 2.75) is 58.9 Å². The maximum absolute atomic E-state index is 13.2. The molecule has 0 aliphatic carbocycles. The smallest absolute Gasteiger partial charge is 0.322 e. The van der Waals surface area contributed by atoms with Gasteiger partial charge in [-0.05, 0) is 49.9 Å². The monoisotopic (exact) mass is 421 g/mol. The molecule has 0 bridgehead atoms. The molecule has 0 saturated carbocycles. The van der Waals surface area contributed by atoms with Crippen LogP contribution < -0.4 is 5.32 Å². The topological polar surface area (TPSA) is 52.7 Å². The zero-order chi connectivity index (χ0) is 22.2. The van der Waals surface area contributed by atoms with Crippen molar-refractivity contribution in [3.05, 3.63) is 65.2 Å². The number of fused-ring (bicyclic) bond motifs is 1. The second-order valence-electron chi connectivity index (χ2n) is 8.49. The fraction of sp³-hybridized carbons (Fsp3) is 0.462. The van der Waals surface area contributed by atoms with Crippen LogP contribution in [-0.4, -0.2) is 41.4 Å². The third-order valence-corrected chi connectivity index (χ3v) is 6.11. The van der Waals surface area contributed by atoms with Gasteiger partial charge in [-0.2, -0.15) is 0 Å². The van der Waals surface area contributed by atoms with Crippen molar-refractivity contribution < 1.29 is 9.59 Å². The number of nitrogens with zero attached hydrogens (tertiary/aromatic N) is 2. The molecular formula is C26H35N3O2. The largest absolute Gasteiger partial charge is 0.334 e. The molecule has 5 nitrogen and oxygen atoms in total. The summed E-state index contributed by atoms with van der Waals surface area (Å²) >= 11 is 0. The van der Waals surface area contributed by atoms with Crippen LogP contribution in [0.15, 0.2) is 48.5 Å². The lowest BCUT2D eigenvalue weighted by Crippen LogP contribution is -2.47. The summed E-state index contributed by atoms with van der Waals surface area (Å²) in [6.45, 7) is 7.65. The number of anilines is 1. The molecule has 2 aromatic carbocycles. The Morgan fingerprint density at radius 2 is 1.81 bits per heavy atom. The highest BCUT2D eigenvalue weighted by Crippen LogP contribution is 2.29. The van der Waals surface area contributed by atoms with Gasteiger partial charge in [0.25, 0.3) is 0 Å². The summed E-state index contributed by atoms with van der Waals surface area (Å²) in [7, 11) is 0. The molecule has 166 valence electrons. The van der Waals surface area contributed by atoms with Gasteiger partial charge in [-0.1, -0.05) is 68.1 Å². The molecule has 1 heterocycles. The molecule has 1 N–H and O–H groups in total. The van der Waals surface area contributed by atoms with Gasteiger partial charge >= 0.3 is 6.03 Å². The quantitative estimate of drug-likeness (QED) is 0.568. The molecule has 1 aliphatic heterocycles. The van der Waals surface area contributed by atoms with Crippen molar-refractivity contribution >= 4 is 17.6 Å². The molecule has 31 heavy (non-hydrogen) atoms. The lowest BCUT2D eigenvalue weighted by molar-refractivity contribution is -0.134. The Labute approximate surface area is 186 Å². The van der Waals surface area contributed by atoms with Crippen LogP contribution in [0.3, 0.4) is 0 Å². The van der Waals surface area contributed by atoms with Crippen molar-refractivity contribution in [1.82, 2.24) is 9.80 Å². The Kier molecular flexibility index (Phi) is 8.10. The van der Waals surface area contributed by atoms with Gasteiger partial charge < -0.3 is 15.1 Å². The number of unbranched alkanes of at least 4 members (excludes halogenated alkanes) is 3. The number of carbonyl (C=O) groups excluding carboxylic acids is 2. The van der Waals surface area contributed by atoms with Crippen molar-refractivity contribution in [1.29, 1.82) is 0 Å². The molecule has 1 unspecified atom stereocenters. The van der Waals surface area contributed by atoms with E-state index < -0.39 is 0 Å². The fourth-order valence-corrected chi connectivity index (χ4v) is 4.19. The Balaban J connectivity index is 1.67. The lowest BCUT2D eigenvalue weighted by atomic mass is 9.93. The van der Waals surface area contributed by atoms with Crippen LogP contribution in [0.4, 0.5) is 10.5 Å². The Bertz CT molecular complexity index is 878. The summed E-state index contributed by atoms with van der Waals surface area (Å²) in [5.74, 6) is 0.0107. The number of hydrogen-bond acceptors (Lipinski definition) is 2. The number of amides is 3. The van der Waals surface area contributed by atoms with Gasteiger partial charge in [0.05, 0.1) is 6.04 Å². The zero-order valence-electron chi connectivity index (χ0n) is 19.1. The number of urea groups is 1. The molecule has 5 heteroatoms. The maximum atomic E-state index is 13.2. The molecule has 1 atom stereocenters. The van der Waals surface area contributed by atoms with Gasteiger partial charge in [-0.15, -0.1) is 0 Å². The summed E-state index contributed by atoms with van der Waals surface area (Å²) in [6, 6.07) is 15.9. The van der Waals surface area contributed by atoms with E-state index in [1.807, 2.05) is 42.2 Å². The zero-order valence-corrected chi connectivity index (χ0v) is 19.1. The number of aryl methyl sites for hydroxylation is 1. The average Bonchev–Trinajstić information content (AvgIpc) is 2.77. The van der Waals surface area contributed by atoms with Crippen LogP contribution in [0.2, 0.25) is 0 Å². The van der Waals surface area contributed by atoms with E-state index in [4.69, 9.17) is 0 Å². The fourth-order valence-electron chi connectivity index (χ4n) is 4.19. The molecule has 3 amide bonds. The van der Waals surface area contributed by atoms with E-state index in [0.29, 0.717) is 13.1 Å². The molecule has 0 fully saturated rings. The SMILES string of the molecule is CCCCCCN(CC(=O)N1CCc2ccccc2C1C)C(=O)Nc1ccc(C)cc1. The van der Waals surface area contributed by atoms with E-state index in [-0.39, 0.29) is 24.5 Å². The van der Waals surface area contributed by atoms with Crippen LogP contribution in [0.1, 0.15) is 62.3 Å². The predicted octanol–water partition coefficient (Wildman–Crippen LogP) is 5.56. The first kappa shape index (κ1) is 22.9. The van der Waals surface area contributed by atoms with Crippen molar-refractivity contribution in [3.8, 4) is 0 Å². The second kappa shape index (κ2) is 11.0. The van der Waals surface area contributed by atoms with Gasteiger partial charge in [-0.3, -0.25) is 4.79 Å². The van der Waals surface area contributed by atoms with E-state index in [1.54, 1.807) is 4.90 Å². The standard InChI is InChI=1S/C26H35N3O2/c1-4-5-6-9-17-28(26(31)27-23-14-12-20(2)13-15-23)19-25(30)29-18-16-22-10-7-8-11-24(22)21(29)3/h7-8,10-15,21H,4-6,9,16-19H2,1-3H3,(H,27,31). The molecule has 0 aromatic heterocycles. The highest BCUT2D eigenvalue weighted by Gasteiger charge is 2.29. The summed E-state index contributed by atoms with van der Waals surface area (Å²) in [4.78, 5) is 29.8. The Hall–Kier alpha value is -2.82. The predicted molar refractivity (Wildman–Crippen MR) is 126 cm³/mol. The highest BCUT2D eigenvalue weighted by molar-refractivity contribution is 5.92. The lowest BCUT2D eigenvalue weighted by Gasteiger charge is -2.36. The number of carbonyl (C=O) groups is 2. The summed E-state index contributed by atoms with van der Waals surface area (Å²) in [5, 5.41) is 2.96. The highest BCUT2D eigenvalue weighted by atomic mass is 16.2. The molecule has 3 rings (SSSR count). The number of nitrogens with one attached hydrogen (secondary N) is 1. The van der Waals surface area contributed by atoms with Crippen LogP contribution in [0, 0.1) is 6.92 Å². The van der Waals surface area contributed by atoms with Gasteiger partial charge in [0, 0.05) is 18.8 Å². The first-order valence-corrected chi connectivity index (χ1v) is 11.5. The van der Waals surface area contributed by atoms with E-state index in [0.717, 1.165) is 43.4 Å². The Morgan fingerprint density at radius 1 is 1.06 bits per heavy atom. The van der Waals surface area contributed by atoms with E-state index in [2.05, 4.69) is 37.4 Å². The summed E-state index contributed by atoms with van der Waals surface area (Å²) in [6.07, 6.45) is 5.10. The van der Waals surface area contributed by atoms with Crippen LogP contribution in [0.5, 0.6) is 0 Å². The van der Waals surface area contributed by atoms with Gasteiger partial charge in [0.2, 0.25) is 5.91 Å². The first-order valence-electron chi connectivity index (χ1n) is 11.5. The normalized spacial score (nSPS) is 15.3. The van der Waals surface area contributed by atoms with E-state index in [1.165, 1.54) is 11.1 Å². The Morgan fingerprint density at radius 3 is 2.55 bits per heavy atom. The van der Waals surface area contributed by atoms with Gasteiger partial charge in [-0.25, -0.2) is 4.79 Å². The number of rotatable bonds is 8. The molecular weight excluding hydrogens is 386 g/mol. The second-order valence-corrected chi connectivity index (χ2v) is 8.49. The first-order chi connectivity index (χ1) is 15.0. The van der Waals surface area contributed by atoms with Crippen LogP contribution >= 0.6 is 0 Å². The average molecular weight is 422 g/mol. The minimum Gasteiger partial charge on any atom is -0.334 e. The van der Waals surface area contributed by atoms with E-state index in [9.17, 15) is 9.59 Å². The molecule has 0 spiro atoms. The summed E-state index contributed by atoms with van der Waals surface area (Å²) < 4.78 is 0. The van der Waals surface area contributed by atoms with Gasteiger partial charge in [0.1, 0.15) is 6.54 Å². The molecule has 1 aliphatic rings. The molecule has 0 saturated heterocycles. The third kappa shape index (κ3) is 6.09. The van der Waals surface area contributed by atoms with Crippen LogP contribution in [0.25, 0.3) is 0 Å². The summed E-state index contributed by atoms with van der Waals surface area (Å²) in [5.41, 5.74) is 4.42. The van der Waals surface area contributed by atoms with E-state index >= 15 is 0 Å². The van der Waals surface area contributed by atoms with Crippen molar-refractivity contribution in [2.75, 3.05) is 25.0 Å². The minimum atomic E-state index is -0.209. The minimum absolute atomic E-state index is 0.0107. The maximum Gasteiger partial charge on any atom is 0.322 e. The number of benzene rings is 2. The third-order valence-electron chi connectivity index (χ3n) is 6.11. The van der Waals surface area contributed by atoms with Crippen molar-refractivity contribution in [3.63, 3.8) is 0 Å². The van der Waals surface area contributed by atoms with Gasteiger partial charge in [0.15, 0.2) is 0 Å². The molecule has 0 radical (unpaired) electrons. The van der Waals surface area contributed by atoms with Crippen molar-refractivity contribution in [2.24, 2.45) is 0 Å².